The third-order valence-electron chi connectivity index (χ3n) is 3.96. The van der Waals surface area contributed by atoms with Crippen molar-refractivity contribution in [1.82, 2.24) is 10.2 Å². The smallest absolute Gasteiger partial charge is 0.318 e. The van der Waals surface area contributed by atoms with E-state index in [1.807, 2.05) is 17.0 Å². The van der Waals surface area contributed by atoms with Gasteiger partial charge in [-0.1, -0.05) is 13.3 Å². The molecule has 0 aliphatic carbocycles. The molecule has 1 aliphatic rings. The van der Waals surface area contributed by atoms with Crippen LogP contribution < -0.4 is 5.32 Å². The first kappa shape index (κ1) is 14.9. The van der Waals surface area contributed by atoms with Gasteiger partial charge in [0.1, 0.15) is 5.76 Å². The Hall–Kier alpha value is -1.49. The average molecular weight is 280 g/mol. The quantitative estimate of drug-likeness (QED) is 0.871. The highest BCUT2D eigenvalue weighted by atomic mass is 16.5. The van der Waals surface area contributed by atoms with Crippen molar-refractivity contribution < 1.29 is 13.9 Å². The molecule has 1 unspecified atom stereocenters. The molecule has 0 aromatic carbocycles. The molecule has 1 saturated heterocycles. The molecule has 1 atom stereocenters. The van der Waals surface area contributed by atoms with Crippen LogP contribution in [0.15, 0.2) is 22.8 Å². The largest absolute Gasteiger partial charge is 0.467 e. The molecule has 112 valence electrons. The molecule has 1 aliphatic heterocycles. The first-order valence-electron chi connectivity index (χ1n) is 7.28. The van der Waals surface area contributed by atoms with E-state index in [-0.39, 0.29) is 11.6 Å². The maximum Gasteiger partial charge on any atom is 0.318 e. The second kappa shape index (κ2) is 6.79. The maximum atomic E-state index is 12.4. The number of hydrogen-bond acceptors (Lipinski definition) is 3. The fraction of sp³-hybridized carbons (Fsp3) is 0.667. The Balaban J connectivity index is 1.99. The van der Waals surface area contributed by atoms with E-state index in [2.05, 4.69) is 12.2 Å². The zero-order valence-electron chi connectivity index (χ0n) is 12.4. The number of furan rings is 1. The lowest BCUT2D eigenvalue weighted by Gasteiger charge is -2.38. The molecule has 1 aromatic rings. The van der Waals surface area contributed by atoms with Gasteiger partial charge in [0.2, 0.25) is 0 Å². The van der Waals surface area contributed by atoms with Crippen LogP contribution in [0.1, 0.15) is 38.4 Å². The minimum Gasteiger partial charge on any atom is -0.467 e. The predicted molar refractivity (Wildman–Crippen MR) is 76.4 cm³/mol. The van der Waals surface area contributed by atoms with Crippen LogP contribution in [0.25, 0.3) is 0 Å². The zero-order valence-corrected chi connectivity index (χ0v) is 12.4. The summed E-state index contributed by atoms with van der Waals surface area (Å²) in [5, 5.41) is 2.94. The SMILES string of the molecule is CCCC1(COC)CCCN1C(=O)NCc1ccco1. The Morgan fingerprint density at radius 2 is 2.45 bits per heavy atom. The van der Waals surface area contributed by atoms with Crippen molar-refractivity contribution in [2.75, 3.05) is 20.3 Å². The van der Waals surface area contributed by atoms with Crippen molar-refractivity contribution in [2.45, 2.75) is 44.7 Å². The van der Waals surface area contributed by atoms with Gasteiger partial charge in [0.25, 0.3) is 0 Å². The number of carbonyl (C=O) groups is 1. The molecule has 0 spiro atoms. The third kappa shape index (κ3) is 3.15. The van der Waals surface area contributed by atoms with Gasteiger partial charge in [-0.3, -0.25) is 0 Å². The highest BCUT2D eigenvalue weighted by molar-refractivity contribution is 5.75. The molecule has 0 radical (unpaired) electrons. The number of likely N-dealkylation sites (tertiary alicyclic amines) is 1. The van der Waals surface area contributed by atoms with E-state index < -0.39 is 0 Å². The number of carbonyl (C=O) groups excluding carboxylic acids is 1. The Bertz CT molecular complexity index is 411. The van der Waals surface area contributed by atoms with E-state index >= 15 is 0 Å². The highest BCUT2D eigenvalue weighted by Gasteiger charge is 2.42. The van der Waals surface area contributed by atoms with Gasteiger partial charge in [0.15, 0.2) is 0 Å². The fourth-order valence-electron chi connectivity index (χ4n) is 3.14. The standard InChI is InChI=1S/C15H24N2O3/c1-3-7-15(12-19-2)8-5-9-17(15)14(18)16-11-13-6-4-10-20-13/h4,6,10H,3,5,7-9,11-12H2,1-2H3,(H,16,18). The van der Waals surface area contributed by atoms with E-state index in [0.717, 1.165) is 38.0 Å². The Morgan fingerprint density at radius 1 is 1.60 bits per heavy atom. The van der Waals surface area contributed by atoms with Crippen LogP contribution in [-0.2, 0) is 11.3 Å². The summed E-state index contributed by atoms with van der Waals surface area (Å²) >= 11 is 0. The lowest BCUT2D eigenvalue weighted by molar-refractivity contribution is 0.0499. The summed E-state index contributed by atoms with van der Waals surface area (Å²) in [5.41, 5.74) is -0.142. The molecular formula is C15H24N2O3. The van der Waals surface area contributed by atoms with E-state index in [0.29, 0.717) is 13.2 Å². The Kier molecular flexibility index (Phi) is 5.06. The second-order valence-electron chi connectivity index (χ2n) is 5.40. The average Bonchev–Trinajstić information content (AvgIpc) is 3.07. The summed E-state index contributed by atoms with van der Waals surface area (Å²) in [4.78, 5) is 14.4. The summed E-state index contributed by atoms with van der Waals surface area (Å²) in [5.74, 6) is 0.769. The molecule has 20 heavy (non-hydrogen) atoms. The van der Waals surface area contributed by atoms with E-state index in [4.69, 9.17) is 9.15 Å². The number of nitrogens with one attached hydrogen (secondary N) is 1. The minimum absolute atomic E-state index is 0.0237. The first-order valence-corrected chi connectivity index (χ1v) is 7.28. The van der Waals surface area contributed by atoms with Gasteiger partial charge in [0.05, 0.1) is 25.0 Å². The lowest BCUT2D eigenvalue weighted by Crippen LogP contribution is -2.53. The normalized spacial score (nSPS) is 22.2. The molecule has 2 rings (SSSR count). The molecule has 5 heteroatoms. The Labute approximate surface area is 120 Å². The molecule has 0 bridgehead atoms. The van der Waals surface area contributed by atoms with Crippen molar-refractivity contribution in [3.63, 3.8) is 0 Å². The number of methoxy groups -OCH3 is 1. The lowest BCUT2D eigenvalue weighted by atomic mass is 9.91. The highest BCUT2D eigenvalue weighted by Crippen LogP contribution is 2.34. The van der Waals surface area contributed by atoms with Crippen LogP contribution in [0.5, 0.6) is 0 Å². The molecule has 5 nitrogen and oxygen atoms in total. The summed E-state index contributed by atoms with van der Waals surface area (Å²) in [6, 6.07) is 3.66. The summed E-state index contributed by atoms with van der Waals surface area (Å²) in [6.45, 7) is 3.98. The van der Waals surface area contributed by atoms with Crippen LogP contribution in [0.4, 0.5) is 4.79 Å². The molecule has 0 saturated carbocycles. The number of ether oxygens (including phenoxy) is 1. The summed E-state index contributed by atoms with van der Waals surface area (Å²) in [6.07, 6.45) is 5.70. The Morgan fingerprint density at radius 3 is 3.10 bits per heavy atom. The molecule has 1 fully saturated rings. The molecular weight excluding hydrogens is 256 g/mol. The first-order chi connectivity index (χ1) is 9.72. The van der Waals surface area contributed by atoms with Crippen molar-refractivity contribution in [2.24, 2.45) is 0 Å². The number of rotatable bonds is 6. The van der Waals surface area contributed by atoms with E-state index in [1.54, 1.807) is 13.4 Å². The van der Waals surface area contributed by atoms with Crippen LogP contribution >= 0.6 is 0 Å². The van der Waals surface area contributed by atoms with Crippen LogP contribution in [-0.4, -0.2) is 36.7 Å². The van der Waals surface area contributed by atoms with Gasteiger partial charge in [-0.15, -0.1) is 0 Å². The topological polar surface area (TPSA) is 54.7 Å². The number of nitrogens with zero attached hydrogens (tertiary/aromatic N) is 1. The summed E-state index contributed by atoms with van der Waals surface area (Å²) in [7, 11) is 1.70. The fourth-order valence-corrected chi connectivity index (χ4v) is 3.14. The van der Waals surface area contributed by atoms with Crippen molar-refractivity contribution in [3.8, 4) is 0 Å². The molecule has 2 amide bonds. The molecule has 1 aromatic heterocycles. The van der Waals surface area contributed by atoms with Gasteiger partial charge < -0.3 is 19.4 Å². The minimum atomic E-state index is -0.142. The van der Waals surface area contributed by atoms with Gasteiger partial charge in [-0.25, -0.2) is 4.79 Å². The van der Waals surface area contributed by atoms with Gasteiger partial charge in [-0.05, 0) is 31.4 Å². The predicted octanol–water partition coefficient (Wildman–Crippen LogP) is 2.77. The van der Waals surface area contributed by atoms with E-state index in [9.17, 15) is 4.79 Å². The van der Waals surface area contributed by atoms with Crippen LogP contribution in [0, 0.1) is 0 Å². The number of hydrogen-bond donors (Lipinski definition) is 1. The maximum absolute atomic E-state index is 12.4. The van der Waals surface area contributed by atoms with Gasteiger partial charge in [-0.2, -0.15) is 0 Å². The van der Waals surface area contributed by atoms with Crippen LogP contribution in [0.2, 0.25) is 0 Å². The van der Waals surface area contributed by atoms with Gasteiger partial charge in [0, 0.05) is 13.7 Å². The monoisotopic (exact) mass is 280 g/mol. The zero-order chi connectivity index (χ0) is 14.4. The molecule has 1 N–H and O–H groups in total. The van der Waals surface area contributed by atoms with Gasteiger partial charge >= 0.3 is 6.03 Å². The third-order valence-corrected chi connectivity index (χ3v) is 3.96. The van der Waals surface area contributed by atoms with Crippen LogP contribution in [0.3, 0.4) is 0 Å². The van der Waals surface area contributed by atoms with E-state index in [1.165, 1.54) is 0 Å². The summed E-state index contributed by atoms with van der Waals surface area (Å²) < 4.78 is 10.6. The van der Waals surface area contributed by atoms with Crippen molar-refractivity contribution in [1.29, 1.82) is 0 Å². The number of amides is 2. The number of urea groups is 1. The second-order valence-corrected chi connectivity index (χ2v) is 5.40. The van der Waals surface area contributed by atoms with Crippen molar-refractivity contribution >= 4 is 6.03 Å². The van der Waals surface area contributed by atoms with Crippen molar-refractivity contribution in [3.05, 3.63) is 24.2 Å². The molecule has 2 heterocycles.